The molecule has 13 heavy (non-hydrogen) atoms. The van der Waals surface area contributed by atoms with Crippen molar-refractivity contribution in [2.75, 3.05) is 0 Å². The molecule has 0 atom stereocenters. The van der Waals surface area contributed by atoms with E-state index in [1.807, 2.05) is 0 Å². The molecule has 0 fully saturated rings. The fourth-order valence-electron chi connectivity index (χ4n) is 1.90. The summed E-state index contributed by atoms with van der Waals surface area (Å²) in [5.41, 5.74) is 2.67. The Hall–Kier alpha value is -1.69. The molecule has 0 N–H and O–H groups in total. The lowest BCUT2D eigenvalue weighted by atomic mass is 10.1. The van der Waals surface area contributed by atoms with Gasteiger partial charge >= 0.3 is 0 Å². The van der Waals surface area contributed by atoms with Gasteiger partial charge in [0.1, 0.15) is 0 Å². The van der Waals surface area contributed by atoms with Crippen molar-refractivity contribution in [1.29, 1.82) is 0 Å². The summed E-state index contributed by atoms with van der Waals surface area (Å²) >= 11 is 0. The maximum absolute atomic E-state index is 2.18. The van der Waals surface area contributed by atoms with Gasteiger partial charge in [0.2, 0.25) is 0 Å². The highest BCUT2D eigenvalue weighted by Crippen LogP contribution is 2.30. The Morgan fingerprint density at radius 2 is 1.69 bits per heavy atom. The average molecular weight is 165 g/mol. The first-order chi connectivity index (χ1) is 6.45. The lowest BCUT2D eigenvalue weighted by Gasteiger charge is -1.99. The van der Waals surface area contributed by atoms with Crippen LogP contribution in [0.3, 0.4) is 0 Å². The summed E-state index contributed by atoms with van der Waals surface area (Å²) in [6.07, 6.45) is 0. The van der Waals surface area contributed by atoms with E-state index >= 15 is 0 Å². The topological polar surface area (TPSA) is 0 Å². The van der Waals surface area contributed by atoms with Gasteiger partial charge in [-0.15, -0.1) is 22.9 Å². The fourth-order valence-corrected chi connectivity index (χ4v) is 1.90. The molecule has 0 amide bonds. The minimum atomic E-state index is 1.32. The number of fused-ring (bicyclic) bond motifs is 3. The Morgan fingerprint density at radius 1 is 0.846 bits per heavy atom. The van der Waals surface area contributed by atoms with Crippen LogP contribution in [-0.4, -0.2) is 0 Å². The van der Waals surface area contributed by atoms with Crippen molar-refractivity contribution in [1.82, 2.24) is 0 Å². The highest BCUT2D eigenvalue weighted by atomic mass is 14.1. The normalized spacial score (nSPS) is 11.1. The molecule has 0 nitrogen and oxygen atoms in total. The van der Waals surface area contributed by atoms with Gasteiger partial charge < -0.3 is 0 Å². The van der Waals surface area contributed by atoms with Crippen molar-refractivity contribution in [3.63, 3.8) is 0 Å². The zero-order valence-corrected chi connectivity index (χ0v) is 7.20. The smallest absolute Gasteiger partial charge is 0.0598 e. The van der Waals surface area contributed by atoms with Crippen molar-refractivity contribution >= 4 is 10.8 Å². The van der Waals surface area contributed by atoms with Crippen LogP contribution in [0.1, 0.15) is 0 Å². The summed E-state index contributed by atoms with van der Waals surface area (Å²) in [6.45, 7) is 0. The Balaban J connectivity index is 2.58. The molecule has 0 aliphatic heterocycles. The van der Waals surface area contributed by atoms with Crippen LogP contribution < -0.4 is 0 Å². The van der Waals surface area contributed by atoms with Gasteiger partial charge in [-0.25, -0.2) is 0 Å². The summed E-state index contributed by atoms with van der Waals surface area (Å²) in [5, 5.41) is 2.67. The summed E-state index contributed by atoms with van der Waals surface area (Å²) < 4.78 is 0. The third kappa shape index (κ3) is 0.888. The van der Waals surface area contributed by atoms with Gasteiger partial charge in [-0.3, -0.25) is 0 Å². The molecule has 3 rings (SSSR count). The maximum atomic E-state index is 2.18. The average Bonchev–Trinajstić information content (AvgIpc) is 2.72. The second-order valence-electron chi connectivity index (χ2n) is 3.32. The second kappa shape index (κ2) is 2.40. The molecule has 0 bridgehead atoms. The third-order valence-corrected chi connectivity index (χ3v) is 2.54. The van der Waals surface area contributed by atoms with Gasteiger partial charge in [0.05, 0.1) is 0 Å². The highest BCUT2D eigenvalue weighted by Gasteiger charge is 1.96. The first kappa shape index (κ1) is 6.79. The second-order valence-corrected chi connectivity index (χ2v) is 3.32. The molecule has 0 radical (unpaired) electrons. The van der Waals surface area contributed by atoms with Gasteiger partial charge in [-0.1, -0.05) is 41.5 Å². The lowest BCUT2D eigenvalue weighted by molar-refractivity contribution is 1.85. The van der Waals surface area contributed by atoms with Gasteiger partial charge in [0.25, 0.3) is 0 Å². The van der Waals surface area contributed by atoms with Crippen LogP contribution in [-0.2, 0) is 0 Å². The first-order valence-electron chi connectivity index (χ1n) is 4.48. The Morgan fingerprint density at radius 3 is 2.62 bits per heavy atom. The van der Waals surface area contributed by atoms with E-state index in [0.717, 1.165) is 0 Å². The van der Waals surface area contributed by atoms with Crippen LogP contribution in [0.15, 0.2) is 54.6 Å². The number of hydrogen-bond donors (Lipinski definition) is 0. The molecule has 62 valence electrons. The zero-order chi connectivity index (χ0) is 8.67. The van der Waals surface area contributed by atoms with Crippen molar-refractivity contribution in [2.45, 2.75) is 0 Å². The lowest BCUT2D eigenvalue weighted by Crippen LogP contribution is -1.64. The van der Waals surface area contributed by atoms with E-state index < -0.39 is 0 Å². The molecule has 0 unspecified atom stereocenters. The Kier molecular flexibility index (Phi) is 1.25. The van der Waals surface area contributed by atoms with Gasteiger partial charge in [-0.05, 0) is 0 Å². The number of rotatable bonds is 0. The molecule has 0 aromatic heterocycles. The van der Waals surface area contributed by atoms with E-state index in [4.69, 9.17) is 0 Å². The van der Waals surface area contributed by atoms with Gasteiger partial charge in [0, 0.05) is 0 Å². The molecule has 1 aromatic rings. The van der Waals surface area contributed by atoms with E-state index in [1.54, 1.807) is 0 Å². The summed E-state index contributed by atoms with van der Waals surface area (Å²) in [4.78, 5) is 0. The van der Waals surface area contributed by atoms with Crippen molar-refractivity contribution in [3.8, 4) is 11.1 Å². The largest absolute Gasteiger partial charge is 0.168 e. The van der Waals surface area contributed by atoms with E-state index in [2.05, 4.69) is 54.6 Å². The standard InChI is InChI=1S/C13H9/c1-4-10-6-2-8-12(10)13-9-3-7-11(13)5-1/h1-9H/q-1. The maximum Gasteiger partial charge on any atom is -0.0598 e. The van der Waals surface area contributed by atoms with Crippen LogP contribution in [0.2, 0.25) is 0 Å². The van der Waals surface area contributed by atoms with E-state index in [9.17, 15) is 0 Å². The quantitative estimate of drug-likeness (QED) is 0.446. The fraction of sp³-hybridized carbons (Fsp3) is 0. The van der Waals surface area contributed by atoms with E-state index in [-0.39, 0.29) is 0 Å². The molecule has 0 heterocycles. The summed E-state index contributed by atoms with van der Waals surface area (Å²) in [6, 6.07) is 19.3. The van der Waals surface area contributed by atoms with Gasteiger partial charge in [-0.2, -0.15) is 12.1 Å². The molecular formula is C13H9-. The zero-order valence-electron chi connectivity index (χ0n) is 7.20. The molecule has 2 aliphatic rings. The van der Waals surface area contributed by atoms with Crippen molar-refractivity contribution in [3.05, 3.63) is 54.6 Å². The summed E-state index contributed by atoms with van der Waals surface area (Å²) in [7, 11) is 0. The summed E-state index contributed by atoms with van der Waals surface area (Å²) in [5.74, 6) is 0. The monoisotopic (exact) mass is 165 g/mol. The minimum absolute atomic E-state index is 1.32. The molecule has 1 aromatic carbocycles. The van der Waals surface area contributed by atoms with Crippen LogP contribution in [0.4, 0.5) is 0 Å². The predicted molar refractivity (Wildman–Crippen MR) is 56.2 cm³/mol. The third-order valence-electron chi connectivity index (χ3n) is 2.54. The van der Waals surface area contributed by atoms with E-state index in [1.165, 1.54) is 21.9 Å². The minimum Gasteiger partial charge on any atom is -0.168 e. The van der Waals surface area contributed by atoms with Gasteiger partial charge in [0.15, 0.2) is 0 Å². The molecule has 0 saturated carbocycles. The van der Waals surface area contributed by atoms with Crippen molar-refractivity contribution in [2.24, 2.45) is 0 Å². The molecular weight excluding hydrogens is 156 g/mol. The predicted octanol–water partition coefficient (Wildman–Crippen LogP) is 3.66. The molecule has 0 spiro atoms. The SMILES string of the molecule is c1cc2cccc3cc[cH-]c3c-2c1. The van der Waals surface area contributed by atoms with Crippen LogP contribution >= 0.6 is 0 Å². The Bertz CT molecular complexity index is 516. The van der Waals surface area contributed by atoms with Crippen molar-refractivity contribution < 1.29 is 0 Å². The van der Waals surface area contributed by atoms with Crippen LogP contribution in [0.25, 0.3) is 21.9 Å². The number of hydrogen-bond acceptors (Lipinski definition) is 0. The molecule has 0 saturated heterocycles. The highest BCUT2D eigenvalue weighted by molar-refractivity contribution is 5.97. The molecule has 2 aliphatic carbocycles. The molecule has 0 heteroatoms. The van der Waals surface area contributed by atoms with E-state index in [0.29, 0.717) is 0 Å². The van der Waals surface area contributed by atoms with Crippen LogP contribution in [0, 0.1) is 0 Å². The Labute approximate surface area is 77.1 Å². The van der Waals surface area contributed by atoms with Crippen LogP contribution in [0.5, 0.6) is 0 Å². The first-order valence-corrected chi connectivity index (χ1v) is 4.48.